The van der Waals surface area contributed by atoms with Crippen molar-refractivity contribution in [2.45, 2.75) is 26.8 Å². The minimum absolute atomic E-state index is 0.0900. The fourth-order valence-corrected chi connectivity index (χ4v) is 3.06. The number of para-hydroxylation sites is 1. The van der Waals surface area contributed by atoms with Crippen molar-refractivity contribution in [2.24, 2.45) is 11.7 Å². The number of rotatable bonds is 7. The SMILES string of the molecule is COc1cccc(CN)c1NS(=O)(=O)CCC(C)C. The number of ether oxygens (including phenoxy) is 1. The Hall–Kier alpha value is -1.27. The summed E-state index contributed by atoms with van der Waals surface area (Å²) < 4.78 is 31.8. The molecule has 0 aromatic heterocycles. The van der Waals surface area contributed by atoms with Crippen molar-refractivity contribution < 1.29 is 13.2 Å². The van der Waals surface area contributed by atoms with Gasteiger partial charge in [0.2, 0.25) is 10.0 Å². The van der Waals surface area contributed by atoms with Gasteiger partial charge in [-0.1, -0.05) is 26.0 Å². The summed E-state index contributed by atoms with van der Waals surface area (Å²) in [5.41, 5.74) is 6.78. The first-order valence-corrected chi connectivity index (χ1v) is 7.91. The molecule has 0 atom stereocenters. The van der Waals surface area contributed by atoms with Gasteiger partial charge in [-0.25, -0.2) is 8.42 Å². The van der Waals surface area contributed by atoms with Crippen molar-refractivity contribution in [1.82, 2.24) is 0 Å². The van der Waals surface area contributed by atoms with Gasteiger partial charge in [0, 0.05) is 6.54 Å². The maximum absolute atomic E-state index is 12.0. The fourth-order valence-electron chi connectivity index (χ4n) is 1.63. The topological polar surface area (TPSA) is 81.4 Å². The predicted octanol–water partition coefficient (Wildman–Crippen LogP) is 1.94. The van der Waals surface area contributed by atoms with Gasteiger partial charge >= 0.3 is 0 Å². The third-order valence-electron chi connectivity index (χ3n) is 2.77. The third kappa shape index (κ3) is 4.72. The number of benzene rings is 1. The standard InChI is InChI=1S/C13H22N2O3S/c1-10(2)7-8-19(16,17)15-13-11(9-14)5-4-6-12(13)18-3/h4-6,10,15H,7-9,14H2,1-3H3. The summed E-state index contributed by atoms with van der Waals surface area (Å²) >= 11 is 0. The van der Waals surface area contributed by atoms with E-state index < -0.39 is 10.0 Å². The van der Waals surface area contributed by atoms with E-state index in [0.29, 0.717) is 29.3 Å². The van der Waals surface area contributed by atoms with E-state index in [1.54, 1.807) is 18.2 Å². The highest BCUT2D eigenvalue weighted by molar-refractivity contribution is 7.92. The Bertz CT molecular complexity index is 490. The highest BCUT2D eigenvalue weighted by Crippen LogP contribution is 2.29. The molecule has 0 saturated carbocycles. The number of nitrogens with one attached hydrogen (secondary N) is 1. The maximum atomic E-state index is 12.0. The summed E-state index contributed by atoms with van der Waals surface area (Å²) in [6, 6.07) is 5.27. The molecule has 1 aromatic rings. The van der Waals surface area contributed by atoms with Crippen LogP contribution in [0.25, 0.3) is 0 Å². The van der Waals surface area contributed by atoms with E-state index in [-0.39, 0.29) is 12.3 Å². The normalized spacial score (nSPS) is 11.6. The van der Waals surface area contributed by atoms with Crippen molar-refractivity contribution in [3.63, 3.8) is 0 Å². The van der Waals surface area contributed by atoms with Crippen molar-refractivity contribution in [2.75, 3.05) is 17.6 Å². The number of hydrogen-bond acceptors (Lipinski definition) is 4. The van der Waals surface area contributed by atoms with Crippen LogP contribution in [0.3, 0.4) is 0 Å². The molecule has 108 valence electrons. The minimum atomic E-state index is -3.38. The zero-order valence-corrected chi connectivity index (χ0v) is 12.5. The molecule has 0 saturated heterocycles. The Morgan fingerprint density at radius 3 is 2.58 bits per heavy atom. The lowest BCUT2D eigenvalue weighted by molar-refractivity contribution is 0.416. The molecule has 0 fully saturated rings. The molecular weight excluding hydrogens is 264 g/mol. The lowest BCUT2D eigenvalue weighted by atomic mass is 10.1. The molecular formula is C13H22N2O3S. The van der Waals surface area contributed by atoms with E-state index in [0.717, 1.165) is 0 Å². The molecule has 0 unspecified atom stereocenters. The summed E-state index contributed by atoms with van der Waals surface area (Å²) in [6.45, 7) is 4.23. The first kappa shape index (κ1) is 15.8. The molecule has 0 amide bonds. The minimum Gasteiger partial charge on any atom is -0.495 e. The molecule has 6 heteroatoms. The van der Waals surface area contributed by atoms with Gasteiger partial charge in [0.05, 0.1) is 18.6 Å². The van der Waals surface area contributed by atoms with Gasteiger partial charge in [-0.2, -0.15) is 0 Å². The van der Waals surface area contributed by atoms with Gasteiger partial charge in [-0.15, -0.1) is 0 Å². The van der Waals surface area contributed by atoms with E-state index in [1.165, 1.54) is 7.11 Å². The maximum Gasteiger partial charge on any atom is 0.232 e. The third-order valence-corrected chi connectivity index (χ3v) is 4.06. The molecule has 1 aromatic carbocycles. The largest absolute Gasteiger partial charge is 0.495 e. The molecule has 3 N–H and O–H groups in total. The van der Waals surface area contributed by atoms with Gasteiger partial charge in [0.15, 0.2) is 0 Å². The summed E-state index contributed by atoms with van der Waals surface area (Å²) in [5.74, 6) is 0.909. The van der Waals surface area contributed by atoms with Crippen LogP contribution in [0.15, 0.2) is 18.2 Å². The van der Waals surface area contributed by atoms with Crippen molar-refractivity contribution in [1.29, 1.82) is 0 Å². The lowest BCUT2D eigenvalue weighted by Crippen LogP contribution is -2.19. The van der Waals surface area contributed by atoms with Gasteiger partial charge in [-0.3, -0.25) is 4.72 Å². The number of sulfonamides is 1. The quantitative estimate of drug-likeness (QED) is 0.802. The predicted molar refractivity (Wildman–Crippen MR) is 77.7 cm³/mol. The monoisotopic (exact) mass is 286 g/mol. The van der Waals surface area contributed by atoms with E-state index in [2.05, 4.69) is 4.72 Å². The number of nitrogens with two attached hydrogens (primary N) is 1. The highest BCUT2D eigenvalue weighted by atomic mass is 32.2. The van der Waals surface area contributed by atoms with Crippen LogP contribution in [0, 0.1) is 5.92 Å². The smallest absolute Gasteiger partial charge is 0.232 e. The molecule has 0 aliphatic heterocycles. The average Bonchev–Trinajstić information content (AvgIpc) is 2.36. The molecule has 5 nitrogen and oxygen atoms in total. The van der Waals surface area contributed by atoms with E-state index in [1.807, 2.05) is 13.8 Å². The molecule has 19 heavy (non-hydrogen) atoms. The van der Waals surface area contributed by atoms with E-state index in [4.69, 9.17) is 10.5 Å². The molecule has 0 bridgehead atoms. The van der Waals surface area contributed by atoms with Crippen LogP contribution in [-0.4, -0.2) is 21.3 Å². The highest BCUT2D eigenvalue weighted by Gasteiger charge is 2.16. The molecule has 0 heterocycles. The number of anilines is 1. The van der Waals surface area contributed by atoms with Crippen LogP contribution < -0.4 is 15.2 Å². The van der Waals surface area contributed by atoms with Crippen LogP contribution >= 0.6 is 0 Å². The Balaban J connectivity index is 2.97. The zero-order valence-electron chi connectivity index (χ0n) is 11.6. The first-order chi connectivity index (χ1) is 8.89. The Kier molecular flexibility index (Phi) is 5.62. The van der Waals surface area contributed by atoms with Crippen LogP contribution in [-0.2, 0) is 16.6 Å². The lowest BCUT2D eigenvalue weighted by Gasteiger charge is -2.15. The van der Waals surface area contributed by atoms with Gasteiger partial charge in [-0.05, 0) is 24.0 Å². The zero-order chi connectivity index (χ0) is 14.5. The van der Waals surface area contributed by atoms with Crippen LogP contribution in [0.2, 0.25) is 0 Å². The van der Waals surface area contributed by atoms with Gasteiger partial charge in [0.1, 0.15) is 5.75 Å². The Morgan fingerprint density at radius 1 is 1.37 bits per heavy atom. The molecule has 1 rings (SSSR count). The van der Waals surface area contributed by atoms with Crippen LogP contribution in [0.1, 0.15) is 25.8 Å². The second-order valence-electron chi connectivity index (χ2n) is 4.80. The second-order valence-corrected chi connectivity index (χ2v) is 6.64. The van der Waals surface area contributed by atoms with Crippen molar-refractivity contribution in [3.8, 4) is 5.75 Å². The van der Waals surface area contributed by atoms with E-state index in [9.17, 15) is 8.42 Å². The Morgan fingerprint density at radius 2 is 2.05 bits per heavy atom. The number of methoxy groups -OCH3 is 1. The van der Waals surface area contributed by atoms with Crippen molar-refractivity contribution >= 4 is 15.7 Å². The van der Waals surface area contributed by atoms with E-state index >= 15 is 0 Å². The fraction of sp³-hybridized carbons (Fsp3) is 0.538. The molecule has 0 radical (unpaired) electrons. The van der Waals surface area contributed by atoms with Gasteiger partial charge in [0.25, 0.3) is 0 Å². The second kappa shape index (κ2) is 6.77. The Labute approximate surface area is 115 Å². The van der Waals surface area contributed by atoms with Crippen LogP contribution in [0.5, 0.6) is 5.75 Å². The summed E-state index contributed by atoms with van der Waals surface area (Å²) in [6.07, 6.45) is 0.614. The van der Waals surface area contributed by atoms with Gasteiger partial charge < -0.3 is 10.5 Å². The summed E-state index contributed by atoms with van der Waals surface area (Å²) in [5, 5.41) is 0. The molecule has 0 aliphatic carbocycles. The average molecular weight is 286 g/mol. The van der Waals surface area contributed by atoms with Crippen molar-refractivity contribution in [3.05, 3.63) is 23.8 Å². The van der Waals surface area contributed by atoms with Crippen LogP contribution in [0.4, 0.5) is 5.69 Å². The molecule has 0 spiro atoms. The summed E-state index contributed by atoms with van der Waals surface area (Å²) in [7, 11) is -1.88. The molecule has 0 aliphatic rings. The number of hydrogen-bond donors (Lipinski definition) is 2. The first-order valence-electron chi connectivity index (χ1n) is 6.26. The summed E-state index contributed by atoms with van der Waals surface area (Å²) in [4.78, 5) is 0.